The van der Waals surface area contributed by atoms with E-state index in [0.717, 1.165) is 16.7 Å². The van der Waals surface area contributed by atoms with E-state index in [-0.39, 0.29) is 6.61 Å². The Kier molecular flexibility index (Phi) is 3.97. The highest BCUT2D eigenvalue weighted by molar-refractivity contribution is 6.30. The highest BCUT2D eigenvalue weighted by Gasteiger charge is 1.99. The molecule has 2 aromatic carbocycles. The van der Waals surface area contributed by atoms with Gasteiger partial charge >= 0.3 is 0 Å². The van der Waals surface area contributed by atoms with Crippen molar-refractivity contribution in [3.05, 3.63) is 70.7 Å². The molecule has 0 aliphatic rings. The van der Waals surface area contributed by atoms with Crippen molar-refractivity contribution in [2.24, 2.45) is 0 Å². The lowest BCUT2D eigenvalue weighted by Gasteiger charge is -2.04. The molecule has 0 heterocycles. The average Bonchev–Trinajstić information content (AvgIpc) is 2.39. The second-order valence-electron chi connectivity index (χ2n) is 3.75. The first-order chi connectivity index (χ1) is 8.29. The molecule has 0 saturated carbocycles. The van der Waals surface area contributed by atoms with Crippen molar-refractivity contribution in [3.63, 3.8) is 0 Å². The Morgan fingerprint density at radius 3 is 2.24 bits per heavy atom. The Morgan fingerprint density at radius 2 is 1.65 bits per heavy atom. The molecule has 86 valence electrons. The largest absolute Gasteiger partial charge is 0.392 e. The van der Waals surface area contributed by atoms with Crippen LogP contribution in [0.5, 0.6) is 0 Å². The van der Waals surface area contributed by atoms with Gasteiger partial charge in [0.2, 0.25) is 0 Å². The Balaban J connectivity index is 2.33. The summed E-state index contributed by atoms with van der Waals surface area (Å²) in [5.74, 6) is 0. The highest BCUT2D eigenvalue weighted by atomic mass is 35.5. The molecule has 0 bridgehead atoms. The van der Waals surface area contributed by atoms with E-state index in [4.69, 9.17) is 11.6 Å². The summed E-state index contributed by atoms with van der Waals surface area (Å²) in [4.78, 5) is 0. The summed E-state index contributed by atoms with van der Waals surface area (Å²) in [6.45, 7) is 0.0205. The summed E-state index contributed by atoms with van der Waals surface area (Å²) in [6.07, 6.45) is 1.96. The zero-order valence-electron chi connectivity index (χ0n) is 9.31. The smallest absolute Gasteiger partial charge is 0.0687 e. The average molecular weight is 245 g/mol. The molecular formula is C15H13ClO. The minimum Gasteiger partial charge on any atom is -0.392 e. The lowest BCUT2D eigenvalue weighted by molar-refractivity contribution is 0.351. The summed E-state index contributed by atoms with van der Waals surface area (Å²) < 4.78 is 0. The summed E-state index contributed by atoms with van der Waals surface area (Å²) in [5.41, 5.74) is 2.96. The van der Waals surface area contributed by atoms with E-state index in [1.165, 1.54) is 0 Å². The van der Waals surface area contributed by atoms with Crippen molar-refractivity contribution in [3.8, 4) is 0 Å². The minimum absolute atomic E-state index is 0.0205. The molecule has 0 aliphatic heterocycles. The summed E-state index contributed by atoms with van der Waals surface area (Å²) in [6, 6.07) is 17.4. The van der Waals surface area contributed by atoms with Crippen molar-refractivity contribution >= 4 is 23.3 Å². The molecule has 0 amide bonds. The number of halogens is 1. The van der Waals surface area contributed by atoms with Crippen molar-refractivity contribution in [2.45, 2.75) is 0 Å². The molecule has 0 spiro atoms. The van der Waals surface area contributed by atoms with E-state index < -0.39 is 0 Å². The summed E-state index contributed by atoms with van der Waals surface area (Å²) in [5, 5.41) is 10.1. The van der Waals surface area contributed by atoms with E-state index in [0.29, 0.717) is 5.02 Å². The maximum Gasteiger partial charge on any atom is 0.0687 e. The number of rotatable bonds is 3. The fraction of sp³-hybridized carbons (Fsp3) is 0.0667. The molecule has 0 saturated heterocycles. The molecule has 0 fully saturated rings. The van der Waals surface area contributed by atoms with Crippen LogP contribution >= 0.6 is 11.6 Å². The second-order valence-corrected chi connectivity index (χ2v) is 4.18. The van der Waals surface area contributed by atoms with Gasteiger partial charge in [-0.25, -0.2) is 0 Å². The van der Waals surface area contributed by atoms with Gasteiger partial charge in [-0.1, -0.05) is 54.1 Å². The standard InChI is InChI=1S/C15H13ClO/c16-15-8-6-12(7-9-15)10-14(11-17)13-4-2-1-3-5-13/h1-10,17H,11H2. The fourth-order valence-corrected chi connectivity index (χ4v) is 1.76. The first-order valence-corrected chi connectivity index (χ1v) is 5.80. The minimum atomic E-state index is 0.0205. The molecule has 0 radical (unpaired) electrons. The van der Waals surface area contributed by atoms with Gasteiger partial charge in [-0.2, -0.15) is 0 Å². The van der Waals surface area contributed by atoms with Crippen LogP contribution < -0.4 is 0 Å². The van der Waals surface area contributed by atoms with E-state index in [2.05, 4.69) is 0 Å². The Morgan fingerprint density at radius 1 is 1.00 bits per heavy atom. The number of hydrogen-bond acceptors (Lipinski definition) is 1. The van der Waals surface area contributed by atoms with Gasteiger partial charge in [0, 0.05) is 5.02 Å². The van der Waals surface area contributed by atoms with Gasteiger partial charge in [0.25, 0.3) is 0 Å². The van der Waals surface area contributed by atoms with Gasteiger partial charge in [-0.15, -0.1) is 0 Å². The lowest BCUT2D eigenvalue weighted by atomic mass is 10.0. The van der Waals surface area contributed by atoms with Gasteiger partial charge in [-0.3, -0.25) is 0 Å². The van der Waals surface area contributed by atoms with Crippen LogP contribution in [0.4, 0.5) is 0 Å². The zero-order chi connectivity index (χ0) is 12.1. The van der Waals surface area contributed by atoms with Crippen LogP contribution in [0.2, 0.25) is 5.02 Å². The molecule has 17 heavy (non-hydrogen) atoms. The normalized spacial score (nSPS) is 11.5. The third-order valence-corrected chi connectivity index (χ3v) is 2.78. The summed E-state index contributed by atoms with van der Waals surface area (Å²) in [7, 11) is 0. The molecule has 1 N–H and O–H groups in total. The lowest BCUT2D eigenvalue weighted by Crippen LogP contribution is -1.89. The molecule has 0 aliphatic carbocycles. The maximum atomic E-state index is 9.40. The third-order valence-electron chi connectivity index (χ3n) is 2.53. The Hall–Kier alpha value is -1.57. The van der Waals surface area contributed by atoms with Gasteiger partial charge in [0.05, 0.1) is 6.61 Å². The van der Waals surface area contributed by atoms with Gasteiger partial charge in [0.1, 0.15) is 0 Å². The van der Waals surface area contributed by atoms with Crippen LogP contribution in [0.3, 0.4) is 0 Å². The van der Waals surface area contributed by atoms with E-state index >= 15 is 0 Å². The maximum absolute atomic E-state index is 9.40. The number of aliphatic hydroxyl groups is 1. The SMILES string of the molecule is OCC(=Cc1ccc(Cl)cc1)c1ccccc1. The highest BCUT2D eigenvalue weighted by Crippen LogP contribution is 2.18. The van der Waals surface area contributed by atoms with E-state index in [1.54, 1.807) is 0 Å². The first-order valence-electron chi connectivity index (χ1n) is 5.42. The van der Waals surface area contributed by atoms with Crippen molar-refractivity contribution in [1.29, 1.82) is 0 Å². The number of hydrogen-bond donors (Lipinski definition) is 1. The van der Waals surface area contributed by atoms with E-state index in [1.807, 2.05) is 60.7 Å². The fourth-order valence-electron chi connectivity index (χ4n) is 1.63. The van der Waals surface area contributed by atoms with Crippen LogP contribution in [0, 0.1) is 0 Å². The number of aliphatic hydroxyl groups excluding tert-OH is 1. The Labute approximate surface area is 106 Å². The van der Waals surface area contributed by atoms with Crippen molar-refractivity contribution in [1.82, 2.24) is 0 Å². The molecule has 2 aromatic rings. The second kappa shape index (κ2) is 5.67. The molecule has 0 atom stereocenters. The zero-order valence-corrected chi connectivity index (χ0v) is 10.1. The molecule has 0 unspecified atom stereocenters. The Bertz CT molecular complexity index is 500. The quantitative estimate of drug-likeness (QED) is 0.813. The van der Waals surface area contributed by atoms with E-state index in [9.17, 15) is 5.11 Å². The van der Waals surface area contributed by atoms with Gasteiger partial charge in [0.15, 0.2) is 0 Å². The topological polar surface area (TPSA) is 20.2 Å². The van der Waals surface area contributed by atoms with Crippen LogP contribution in [-0.2, 0) is 0 Å². The predicted molar refractivity (Wildman–Crippen MR) is 72.9 cm³/mol. The molecule has 0 aromatic heterocycles. The van der Waals surface area contributed by atoms with Crippen molar-refractivity contribution < 1.29 is 5.11 Å². The third kappa shape index (κ3) is 3.19. The number of benzene rings is 2. The van der Waals surface area contributed by atoms with Gasteiger partial charge < -0.3 is 5.11 Å². The molecular weight excluding hydrogens is 232 g/mol. The molecule has 2 heteroatoms. The van der Waals surface area contributed by atoms with Crippen LogP contribution in [0.15, 0.2) is 54.6 Å². The van der Waals surface area contributed by atoms with Crippen LogP contribution in [0.25, 0.3) is 11.6 Å². The molecule has 2 rings (SSSR count). The molecule has 1 nitrogen and oxygen atoms in total. The first kappa shape index (κ1) is 11.9. The summed E-state index contributed by atoms with van der Waals surface area (Å²) >= 11 is 5.83. The van der Waals surface area contributed by atoms with Crippen molar-refractivity contribution in [2.75, 3.05) is 6.61 Å². The van der Waals surface area contributed by atoms with Crippen LogP contribution in [0.1, 0.15) is 11.1 Å². The van der Waals surface area contributed by atoms with Crippen LogP contribution in [-0.4, -0.2) is 11.7 Å². The predicted octanol–water partition coefficient (Wildman–Crippen LogP) is 3.87. The monoisotopic (exact) mass is 244 g/mol. The van der Waals surface area contributed by atoms with Gasteiger partial charge in [-0.05, 0) is 34.9 Å².